The van der Waals surface area contributed by atoms with Gasteiger partial charge in [0.05, 0.1) is 27.3 Å². The van der Waals surface area contributed by atoms with Crippen LogP contribution in [0.15, 0.2) is 50.6 Å². The second-order valence-corrected chi connectivity index (χ2v) is 10.3. The Morgan fingerprint density at radius 3 is 0.949 bits per heavy atom. The largest absolute Gasteiger partial charge is 0.759 e. The van der Waals surface area contributed by atoms with Crippen molar-refractivity contribution in [2.45, 2.75) is 52.4 Å². The van der Waals surface area contributed by atoms with Crippen LogP contribution in [-0.4, -0.2) is 128 Å². The van der Waals surface area contributed by atoms with Gasteiger partial charge in [-0.3, -0.25) is 38.7 Å². The Bertz CT molecular complexity index is 676. The van der Waals surface area contributed by atoms with Gasteiger partial charge in [-0.1, -0.05) is 24.3 Å². The first kappa shape index (κ1) is 42.0. The summed E-state index contributed by atoms with van der Waals surface area (Å²) in [6.45, 7) is 28.2. The zero-order valence-electron chi connectivity index (χ0n) is 24.9. The fraction of sp³-hybridized carbons (Fsp3) is 0.692. The maximum Gasteiger partial charge on any atom is 0.141 e. The molecule has 0 radical (unpaired) electrons. The van der Waals surface area contributed by atoms with Gasteiger partial charge in [0.1, 0.15) is 37.8 Å². The number of hydrogen-bond acceptors (Lipinski definition) is 10. The van der Waals surface area contributed by atoms with Crippen molar-refractivity contribution in [3.8, 4) is 0 Å². The van der Waals surface area contributed by atoms with Crippen LogP contribution in [0.5, 0.6) is 0 Å². The summed E-state index contributed by atoms with van der Waals surface area (Å²) >= 11 is 0. The minimum Gasteiger partial charge on any atom is -0.759 e. The van der Waals surface area contributed by atoms with E-state index in [2.05, 4.69) is 89.4 Å². The molecule has 6 N–H and O–H groups in total. The third-order valence-electron chi connectivity index (χ3n) is 6.93. The second kappa shape index (κ2) is 23.2. The highest BCUT2D eigenvalue weighted by Gasteiger charge is 2.34. The lowest BCUT2D eigenvalue weighted by Gasteiger charge is -2.44. The van der Waals surface area contributed by atoms with Gasteiger partial charge in [0.2, 0.25) is 0 Å². The van der Waals surface area contributed by atoms with Crippen molar-refractivity contribution in [3.63, 3.8) is 0 Å². The zero-order valence-corrected chi connectivity index (χ0v) is 25.8. The molecule has 0 aromatic carbocycles. The molecule has 0 amide bonds. The van der Waals surface area contributed by atoms with Gasteiger partial charge < -0.3 is 19.3 Å². The molecule has 0 spiro atoms. The quantitative estimate of drug-likeness (QED) is 0.0379. The minimum atomic E-state index is -5.17. The van der Waals surface area contributed by atoms with Crippen LogP contribution in [0.1, 0.15) is 27.7 Å². The van der Waals surface area contributed by atoms with Crippen molar-refractivity contribution in [2.75, 3.05) is 66.6 Å². The van der Waals surface area contributed by atoms with E-state index in [1.807, 2.05) is 24.3 Å². The number of quaternary nitrogens is 2. The summed E-state index contributed by atoms with van der Waals surface area (Å²) in [4.78, 5) is 0. The standard InChI is InChI=1S/2C13H28N3O.H2O4S/c2*1-6-8-14-12(3)16(5,10-11-17)13(4)15-9-7-2;1-5(2,3)4/h2*6-7,12-15,17H,1-2,8-11H2,3-5H3;(H2,1,2,3,4)/q2*+1;/p-2. The van der Waals surface area contributed by atoms with Gasteiger partial charge in [-0.15, -0.1) is 26.3 Å². The molecule has 12 nitrogen and oxygen atoms in total. The highest BCUT2D eigenvalue weighted by atomic mass is 32.3. The predicted octanol–water partition coefficient (Wildman–Crippen LogP) is -0.001000. The molecule has 0 heterocycles. The molecule has 4 atom stereocenters. The second-order valence-electron chi connectivity index (χ2n) is 9.49. The fourth-order valence-corrected chi connectivity index (χ4v) is 3.73. The molecule has 0 saturated carbocycles. The number of hydrogen-bond donors (Lipinski definition) is 6. The predicted molar refractivity (Wildman–Crippen MR) is 157 cm³/mol. The normalized spacial score (nSPS) is 17.3. The summed E-state index contributed by atoms with van der Waals surface area (Å²) in [7, 11) is -0.893. The monoisotopic (exact) mass is 580 g/mol. The highest BCUT2D eigenvalue weighted by Crippen LogP contribution is 2.13. The molecule has 0 aliphatic rings. The maximum absolute atomic E-state index is 9.24. The van der Waals surface area contributed by atoms with Gasteiger partial charge in [-0.25, -0.2) is 0 Å². The van der Waals surface area contributed by atoms with Crippen LogP contribution in [0, 0.1) is 0 Å². The summed E-state index contributed by atoms with van der Waals surface area (Å²) in [6.07, 6.45) is 8.37. The van der Waals surface area contributed by atoms with Crippen LogP contribution in [-0.2, 0) is 10.4 Å². The van der Waals surface area contributed by atoms with Crippen molar-refractivity contribution in [1.82, 2.24) is 21.3 Å². The molecule has 0 rings (SSSR count). The molecule has 13 heteroatoms. The SMILES string of the molecule is C=CCNC(C)[N+](C)(CCO)C(C)NCC=C.C=CCNC(C)[N+](C)(CCO)C(C)NCC=C.O=S(=O)([O-])[O-]. The summed E-state index contributed by atoms with van der Waals surface area (Å²) < 4.78 is 35.5. The number of rotatable bonds is 20. The molecule has 232 valence electrons. The van der Waals surface area contributed by atoms with Crippen molar-refractivity contribution in [2.24, 2.45) is 0 Å². The summed E-state index contributed by atoms with van der Waals surface area (Å²) in [5, 5.41) is 32.0. The number of likely N-dealkylation sites (N-methyl/N-ethyl adjacent to an activating group) is 2. The van der Waals surface area contributed by atoms with Crippen LogP contribution in [0.2, 0.25) is 0 Å². The smallest absolute Gasteiger partial charge is 0.141 e. The van der Waals surface area contributed by atoms with Gasteiger partial charge in [-0.05, 0) is 0 Å². The van der Waals surface area contributed by atoms with Crippen LogP contribution in [0.25, 0.3) is 0 Å². The molecular weight excluding hydrogens is 524 g/mol. The third kappa shape index (κ3) is 20.1. The molecule has 0 fully saturated rings. The Hall–Kier alpha value is -1.49. The summed E-state index contributed by atoms with van der Waals surface area (Å²) in [5.41, 5.74) is 0. The first-order valence-corrected chi connectivity index (χ1v) is 14.3. The Morgan fingerprint density at radius 2 is 0.821 bits per heavy atom. The lowest BCUT2D eigenvalue weighted by Crippen LogP contribution is -2.66. The van der Waals surface area contributed by atoms with Crippen molar-refractivity contribution in [1.29, 1.82) is 0 Å². The summed E-state index contributed by atoms with van der Waals surface area (Å²) in [6, 6.07) is 0. The molecule has 0 bridgehead atoms. The average molecular weight is 581 g/mol. The fourth-order valence-electron chi connectivity index (χ4n) is 3.73. The van der Waals surface area contributed by atoms with E-state index >= 15 is 0 Å². The topological polar surface area (TPSA) is 169 Å². The molecule has 0 aliphatic carbocycles. The highest BCUT2D eigenvalue weighted by molar-refractivity contribution is 7.79. The number of aliphatic hydroxyl groups excluding tert-OH is 2. The van der Waals surface area contributed by atoms with Gasteiger partial charge in [0.25, 0.3) is 0 Å². The third-order valence-corrected chi connectivity index (χ3v) is 6.93. The lowest BCUT2D eigenvalue weighted by atomic mass is 10.2. The van der Waals surface area contributed by atoms with Crippen LogP contribution < -0.4 is 21.3 Å². The minimum absolute atomic E-state index is 0.177. The molecule has 0 aliphatic heterocycles. The van der Waals surface area contributed by atoms with Crippen LogP contribution >= 0.6 is 0 Å². The molecule has 0 aromatic heterocycles. The molecule has 0 saturated heterocycles. The van der Waals surface area contributed by atoms with Gasteiger partial charge >= 0.3 is 0 Å². The lowest BCUT2D eigenvalue weighted by molar-refractivity contribution is -0.958. The van der Waals surface area contributed by atoms with E-state index in [9.17, 15) is 10.2 Å². The Balaban J connectivity index is -0.000000566. The van der Waals surface area contributed by atoms with E-state index in [0.717, 1.165) is 35.1 Å². The Labute approximate surface area is 237 Å². The van der Waals surface area contributed by atoms with Gasteiger partial charge in [0, 0.05) is 64.3 Å². The first-order chi connectivity index (χ1) is 18.0. The molecule has 0 aromatic rings. The molecule has 39 heavy (non-hydrogen) atoms. The van der Waals surface area contributed by atoms with Crippen molar-refractivity contribution in [3.05, 3.63) is 50.6 Å². The van der Waals surface area contributed by atoms with Crippen LogP contribution in [0.3, 0.4) is 0 Å². The van der Waals surface area contributed by atoms with E-state index in [4.69, 9.17) is 17.5 Å². The number of nitrogens with one attached hydrogen (secondary N) is 4. The first-order valence-electron chi connectivity index (χ1n) is 13.0. The van der Waals surface area contributed by atoms with Crippen LogP contribution in [0.4, 0.5) is 0 Å². The van der Waals surface area contributed by atoms with Crippen molar-refractivity contribution < 1.29 is 36.7 Å². The van der Waals surface area contributed by atoms with E-state index < -0.39 is 10.4 Å². The number of nitrogens with zero attached hydrogens (tertiary/aromatic N) is 2. The van der Waals surface area contributed by atoms with E-state index in [0.29, 0.717) is 13.1 Å². The van der Waals surface area contributed by atoms with E-state index in [-0.39, 0.29) is 37.9 Å². The van der Waals surface area contributed by atoms with Crippen molar-refractivity contribution >= 4 is 10.4 Å². The van der Waals surface area contributed by atoms with Gasteiger partial charge in [-0.2, -0.15) is 0 Å². The van der Waals surface area contributed by atoms with E-state index in [1.165, 1.54) is 0 Å². The summed E-state index contributed by atoms with van der Waals surface area (Å²) in [5.74, 6) is 0. The maximum atomic E-state index is 9.24. The number of aliphatic hydroxyl groups is 2. The zero-order chi connectivity index (χ0) is 31.1. The van der Waals surface area contributed by atoms with Gasteiger partial charge in [0.15, 0.2) is 0 Å². The Morgan fingerprint density at radius 1 is 0.641 bits per heavy atom. The average Bonchev–Trinajstić information content (AvgIpc) is 2.86. The molecule has 4 unspecified atom stereocenters. The van der Waals surface area contributed by atoms with E-state index in [1.54, 1.807) is 0 Å². The Kier molecular flexibility index (Phi) is 25.0. The molecular formula is C26H56N6O6S.